The summed E-state index contributed by atoms with van der Waals surface area (Å²) in [6.07, 6.45) is -1.61. The Bertz CT molecular complexity index is 3400. The molecule has 2 aromatic carbocycles. The van der Waals surface area contributed by atoms with Crippen LogP contribution in [0.5, 0.6) is 0 Å². The van der Waals surface area contributed by atoms with Crippen LogP contribution in [-0.2, 0) is 61.7 Å². The van der Waals surface area contributed by atoms with Gasteiger partial charge in [0.15, 0.2) is 6.29 Å². The molecule has 33 heteroatoms. The summed E-state index contributed by atoms with van der Waals surface area (Å²) < 4.78 is 71.9. The fraction of sp³-hybridized carbons (Fsp3) is 0.356. The minimum Gasteiger partial charge on any atom is -0.478 e. The second kappa shape index (κ2) is 28.4. The molecule has 78 heavy (non-hydrogen) atoms. The number of benzene rings is 3. The lowest BCUT2D eigenvalue weighted by atomic mass is 9.89. The van der Waals surface area contributed by atoms with Gasteiger partial charge in [0.05, 0.1) is 23.4 Å². The Balaban J connectivity index is 0.875. The highest BCUT2D eigenvalue weighted by molar-refractivity contribution is 8.76. The first-order chi connectivity index (χ1) is 36.9. The van der Waals surface area contributed by atoms with Crippen molar-refractivity contribution < 1.29 is 79.7 Å². The number of unbranched alkanes of at least 4 members (excludes halogenated alkanes) is 2. The average molecular weight is 1220 g/mol. The zero-order chi connectivity index (χ0) is 56.8. The monoisotopic (exact) mass is 1220 g/mol. The number of phosphoric acid groups is 3. The number of aromatic amines is 1. The molecule has 12 N–H and O–H groups in total. The zero-order valence-corrected chi connectivity index (χ0v) is 47.1. The first-order valence-electron chi connectivity index (χ1n) is 23.2. The summed E-state index contributed by atoms with van der Waals surface area (Å²) in [5, 5.41) is 27.8. The van der Waals surface area contributed by atoms with Gasteiger partial charge in [-0.3, -0.25) is 18.9 Å². The number of amides is 2. The van der Waals surface area contributed by atoms with Gasteiger partial charge in [0.2, 0.25) is 0 Å². The molecule has 6 atom stereocenters. The summed E-state index contributed by atoms with van der Waals surface area (Å²) in [6, 6.07) is 14.7. The maximum absolute atomic E-state index is 12.8. The maximum Gasteiger partial charge on any atom is 0.490 e. The SMILES string of the molecule is C=C(NCCSSCOCCCCCNC(=O)NCC#Cc1cn([C@H]2CC(OCS(=S)CC)[C@@H](OP(=O)(O)OP(=O)(O)OP(=O)(O)O)O2)c(=O)[nH]c1=O)c1ccc(C(=O)O)c(-c2c3ccc(=N)cc-3oc3cc(N)ccc23)c1. The van der Waals surface area contributed by atoms with Crippen LogP contribution < -0.4 is 38.3 Å². The molecule has 422 valence electrons. The third kappa shape index (κ3) is 18.5. The molecule has 4 unspecified atom stereocenters. The van der Waals surface area contributed by atoms with Gasteiger partial charge in [-0.05, 0) is 83.7 Å². The third-order valence-electron chi connectivity index (χ3n) is 10.9. The Hall–Kier alpha value is -4.99. The molecule has 1 aliphatic carbocycles. The highest BCUT2D eigenvalue weighted by Crippen LogP contribution is 2.67. The van der Waals surface area contributed by atoms with Gasteiger partial charge >= 0.3 is 41.2 Å². The van der Waals surface area contributed by atoms with E-state index in [0.29, 0.717) is 88.2 Å². The number of aromatic nitrogens is 2. The maximum atomic E-state index is 12.8. The summed E-state index contributed by atoms with van der Waals surface area (Å²) in [5.41, 5.74) is 8.01. The average Bonchev–Trinajstić information content (AvgIpc) is 3.85. The Morgan fingerprint density at radius 3 is 2.51 bits per heavy atom. The number of rotatable bonds is 28. The first-order valence-corrected chi connectivity index (χ1v) is 32.7. The second-order valence-electron chi connectivity index (χ2n) is 16.5. The predicted octanol–water partition coefficient (Wildman–Crippen LogP) is 5.28. The molecule has 3 aliphatic rings. The van der Waals surface area contributed by atoms with Crippen molar-refractivity contribution in [3.05, 3.63) is 110 Å². The van der Waals surface area contributed by atoms with Crippen LogP contribution in [0.1, 0.15) is 60.3 Å². The summed E-state index contributed by atoms with van der Waals surface area (Å²) in [7, 11) is -14.8. The largest absolute Gasteiger partial charge is 0.490 e. The van der Waals surface area contributed by atoms with Crippen molar-refractivity contribution in [2.75, 3.05) is 55.4 Å². The molecule has 2 amide bonds. The molecule has 1 aromatic heterocycles. The van der Waals surface area contributed by atoms with Crippen molar-refractivity contribution in [1.82, 2.24) is 25.5 Å². The number of H-pyrrole nitrogens is 1. The number of hydrogen-bond acceptors (Lipinski definition) is 20. The van der Waals surface area contributed by atoms with Gasteiger partial charge in [0.25, 0.3) is 5.56 Å². The molecular formula is C45H54N7O19P3S4. The molecule has 3 heterocycles. The number of urea groups is 1. The Kier molecular flexibility index (Phi) is 22.7. The van der Waals surface area contributed by atoms with Gasteiger partial charge in [-0.25, -0.2) is 28.1 Å². The number of phosphoric ester groups is 1. The van der Waals surface area contributed by atoms with E-state index in [2.05, 4.69) is 48.0 Å². The Morgan fingerprint density at radius 1 is 0.987 bits per heavy atom. The van der Waals surface area contributed by atoms with Crippen LogP contribution >= 0.6 is 45.1 Å². The molecule has 1 fully saturated rings. The number of nitrogens with one attached hydrogen (secondary N) is 5. The standard InChI is InChI=1S/C45H54N7O19P3S4/c1-3-78(75)26-66-38-23-39(68-43(38)69-73(61,62)71-74(63,64)70-72(58,59)60)52-24-29(41(53)51-45(52)57)8-7-16-50-44(56)49-15-5-4-6-18-65-25-77-76-19-17-48-27(2)28-9-12-32(42(54)55)35(20-28)40-33-13-10-30(46)21-36(33)67-37-22-31(47)11-14-34(37)40/h9-14,20-22,24,38-39,43,46,48H,2-6,15-19,23,25-26,47H2,1H3,(H,54,55)(H,61,62)(H,63,64)(H2,49,50,56)(H,51,53,57)(H2,58,59,60)/t38?,39-,43-,78?/m1/s1. The number of carbonyl (C=O) groups is 2. The van der Waals surface area contributed by atoms with E-state index < -0.39 is 74.8 Å². The van der Waals surface area contributed by atoms with E-state index in [0.717, 1.165) is 29.4 Å². The molecule has 3 aromatic rings. The van der Waals surface area contributed by atoms with E-state index in [1.54, 1.807) is 83.1 Å². The fourth-order valence-electron chi connectivity index (χ4n) is 7.38. The highest BCUT2D eigenvalue weighted by Gasteiger charge is 2.47. The van der Waals surface area contributed by atoms with Gasteiger partial charge in [-0.1, -0.05) is 62.5 Å². The highest BCUT2D eigenvalue weighted by atomic mass is 33.1. The van der Waals surface area contributed by atoms with Crippen LogP contribution in [0.3, 0.4) is 0 Å². The smallest absolute Gasteiger partial charge is 0.478 e. The molecule has 2 aliphatic heterocycles. The van der Waals surface area contributed by atoms with E-state index in [4.69, 9.17) is 55.3 Å². The third-order valence-corrected chi connectivity index (χ3v) is 18.8. The van der Waals surface area contributed by atoms with Crippen molar-refractivity contribution in [2.24, 2.45) is 0 Å². The van der Waals surface area contributed by atoms with Gasteiger partial charge in [0, 0.05) is 78.1 Å². The van der Waals surface area contributed by atoms with Crippen LogP contribution in [0.25, 0.3) is 39.1 Å². The number of aromatic carboxylic acids is 1. The lowest BCUT2D eigenvalue weighted by molar-refractivity contribution is -0.142. The van der Waals surface area contributed by atoms with E-state index >= 15 is 0 Å². The summed E-state index contributed by atoms with van der Waals surface area (Å²) >= 11 is 5.26. The number of ether oxygens (including phenoxy) is 3. The quantitative estimate of drug-likeness (QED) is 0.00577. The van der Waals surface area contributed by atoms with Gasteiger partial charge in [-0.15, -0.1) is 0 Å². The number of nitrogens with two attached hydrogens (primary N) is 1. The number of carboxylic acid groups (broad SMARTS) is 1. The van der Waals surface area contributed by atoms with Crippen molar-refractivity contribution in [2.45, 2.75) is 51.2 Å². The number of anilines is 1. The van der Waals surface area contributed by atoms with Crippen LogP contribution in [0.4, 0.5) is 10.5 Å². The van der Waals surface area contributed by atoms with E-state index in [1.165, 1.54) is 0 Å². The normalized spacial score (nSPS) is 17.4. The molecule has 0 bridgehead atoms. The minimum absolute atomic E-state index is 0.0866. The first kappa shape index (κ1) is 62.2. The van der Waals surface area contributed by atoms with Crippen molar-refractivity contribution in [1.29, 1.82) is 5.41 Å². The number of nitrogens with zero attached hydrogens (tertiary/aromatic N) is 1. The summed E-state index contributed by atoms with van der Waals surface area (Å²) in [5.74, 6) is 6.06. The van der Waals surface area contributed by atoms with Crippen LogP contribution in [0.15, 0.2) is 81.4 Å². The molecule has 26 nitrogen and oxygen atoms in total. The lowest BCUT2D eigenvalue weighted by Gasteiger charge is -2.22. The molecule has 0 spiro atoms. The summed E-state index contributed by atoms with van der Waals surface area (Å²) in [4.78, 5) is 89.7. The molecule has 6 rings (SSSR count). The summed E-state index contributed by atoms with van der Waals surface area (Å²) in [6.45, 7) is 7.23. The predicted molar refractivity (Wildman–Crippen MR) is 295 cm³/mol. The molecular weight excluding hydrogens is 1160 g/mol. The Morgan fingerprint density at radius 2 is 1.77 bits per heavy atom. The van der Waals surface area contributed by atoms with Crippen molar-refractivity contribution in [3.63, 3.8) is 0 Å². The number of fused-ring (bicyclic) bond motifs is 2. The van der Waals surface area contributed by atoms with E-state index in [-0.39, 0.29) is 35.4 Å². The molecule has 0 radical (unpaired) electrons. The zero-order valence-electron chi connectivity index (χ0n) is 41.1. The van der Waals surface area contributed by atoms with Crippen molar-refractivity contribution in [3.8, 4) is 34.3 Å². The van der Waals surface area contributed by atoms with Crippen LogP contribution in [-0.4, -0.2) is 108 Å². The van der Waals surface area contributed by atoms with Gasteiger partial charge in [-0.2, -0.15) is 8.62 Å². The number of nitrogen functional groups attached to an aromatic ring is 1. The number of hydrogen-bond donors (Lipinski definition) is 11. The number of carboxylic acids is 1. The topological polar surface area (TPSA) is 396 Å². The van der Waals surface area contributed by atoms with Crippen molar-refractivity contribution >= 4 is 100 Å². The van der Waals surface area contributed by atoms with E-state index in [1.807, 2.05) is 0 Å². The van der Waals surface area contributed by atoms with Crippen LogP contribution in [0, 0.1) is 17.3 Å². The fourth-order valence-corrected chi connectivity index (χ4v) is 12.7. The molecule has 0 saturated carbocycles. The minimum atomic E-state index is -5.87. The number of carbonyl (C=O) groups excluding carboxylic acids is 1. The van der Waals surface area contributed by atoms with E-state index in [9.17, 15) is 47.8 Å². The molecule has 1 saturated heterocycles. The van der Waals surface area contributed by atoms with Gasteiger partial charge in [0.1, 0.15) is 35.2 Å². The van der Waals surface area contributed by atoms with Gasteiger partial charge < -0.3 is 70.4 Å². The lowest BCUT2D eigenvalue weighted by Crippen LogP contribution is -2.36. The van der Waals surface area contributed by atoms with Crippen LogP contribution in [0.2, 0.25) is 0 Å². The Labute approximate surface area is 459 Å². The second-order valence-corrected chi connectivity index (χ2v) is 26.5.